The fourth-order valence-electron chi connectivity index (χ4n) is 3.03. The SMILES string of the molecule is CCCCSc1nc2n(n1)[C@@H](c1ccc(C)cc1)C(C(=O)OCC)=C(C)N2. The van der Waals surface area contributed by atoms with Crippen LogP contribution in [0.2, 0.25) is 0 Å². The van der Waals surface area contributed by atoms with Gasteiger partial charge in [0, 0.05) is 11.4 Å². The van der Waals surface area contributed by atoms with Crippen LogP contribution in [0.4, 0.5) is 5.95 Å². The number of fused-ring (bicyclic) bond motifs is 1. The Bertz CT molecular complexity index is 842. The molecule has 0 unspecified atom stereocenters. The van der Waals surface area contributed by atoms with E-state index in [1.165, 1.54) is 5.56 Å². The third-order valence-corrected chi connectivity index (χ3v) is 5.37. The number of hydrogen-bond acceptors (Lipinski definition) is 6. The van der Waals surface area contributed by atoms with Crippen molar-refractivity contribution in [2.45, 2.75) is 51.7 Å². The van der Waals surface area contributed by atoms with E-state index in [0.717, 1.165) is 35.0 Å². The number of aryl methyl sites for hydroxylation is 1. The summed E-state index contributed by atoms with van der Waals surface area (Å²) in [5.74, 6) is 1.31. The van der Waals surface area contributed by atoms with E-state index in [4.69, 9.17) is 9.84 Å². The summed E-state index contributed by atoms with van der Waals surface area (Å²) in [6, 6.07) is 7.81. The number of aromatic nitrogens is 3. The minimum absolute atomic E-state index is 0.325. The van der Waals surface area contributed by atoms with Crippen molar-refractivity contribution >= 4 is 23.7 Å². The molecule has 0 saturated carbocycles. The Labute approximate surface area is 164 Å². The first-order chi connectivity index (χ1) is 13.0. The van der Waals surface area contributed by atoms with Gasteiger partial charge in [-0.25, -0.2) is 9.48 Å². The van der Waals surface area contributed by atoms with Crippen LogP contribution in [-0.4, -0.2) is 33.1 Å². The van der Waals surface area contributed by atoms with E-state index < -0.39 is 0 Å². The van der Waals surface area contributed by atoms with Gasteiger partial charge in [-0.05, 0) is 32.8 Å². The van der Waals surface area contributed by atoms with E-state index >= 15 is 0 Å². The molecule has 2 heterocycles. The van der Waals surface area contributed by atoms with Crippen molar-refractivity contribution in [3.63, 3.8) is 0 Å². The van der Waals surface area contributed by atoms with E-state index in [2.05, 4.69) is 17.2 Å². The first-order valence-corrected chi connectivity index (χ1v) is 10.3. The van der Waals surface area contributed by atoms with E-state index in [-0.39, 0.29) is 12.0 Å². The van der Waals surface area contributed by atoms with Crippen LogP contribution in [0.15, 0.2) is 40.7 Å². The smallest absolute Gasteiger partial charge is 0.338 e. The van der Waals surface area contributed by atoms with Crippen molar-refractivity contribution in [1.82, 2.24) is 14.8 Å². The minimum atomic E-state index is -0.353. The van der Waals surface area contributed by atoms with Crippen LogP contribution in [0.25, 0.3) is 0 Å². The van der Waals surface area contributed by atoms with Gasteiger partial charge in [0.1, 0.15) is 6.04 Å². The number of anilines is 1. The van der Waals surface area contributed by atoms with Crippen LogP contribution in [-0.2, 0) is 9.53 Å². The lowest BCUT2D eigenvalue weighted by molar-refractivity contribution is -0.139. The van der Waals surface area contributed by atoms with Gasteiger partial charge in [-0.2, -0.15) is 4.98 Å². The predicted octanol–water partition coefficient (Wildman–Crippen LogP) is 4.33. The van der Waals surface area contributed by atoms with E-state index in [9.17, 15) is 4.79 Å². The summed E-state index contributed by atoms with van der Waals surface area (Å²) < 4.78 is 7.13. The Morgan fingerprint density at radius 2 is 2.00 bits per heavy atom. The molecule has 7 heteroatoms. The maximum Gasteiger partial charge on any atom is 0.338 e. The quantitative estimate of drug-likeness (QED) is 0.434. The first kappa shape index (κ1) is 19.5. The zero-order chi connectivity index (χ0) is 19.4. The number of esters is 1. The van der Waals surface area contributed by atoms with Crippen molar-refractivity contribution < 1.29 is 9.53 Å². The lowest BCUT2D eigenvalue weighted by Crippen LogP contribution is -2.29. The summed E-state index contributed by atoms with van der Waals surface area (Å²) in [7, 11) is 0. The molecule has 3 rings (SSSR count). The van der Waals surface area contributed by atoms with E-state index in [0.29, 0.717) is 18.1 Å². The number of carbonyl (C=O) groups is 1. The fraction of sp³-hybridized carbons (Fsp3) is 0.450. The van der Waals surface area contributed by atoms with Crippen molar-refractivity contribution in [2.75, 3.05) is 17.7 Å². The van der Waals surface area contributed by atoms with Gasteiger partial charge in [0.05, 0.1) is 12.2 Å². The molecule has 0 amide bonds. The van der Waals surface area contributed by atoms with E-state index in [1.807, 2.05) is 45.0 Å². The van der Waals surface area contributed by atoms with Gasteiger partial charge in [0.2, 0.25) is 11.1 Å². The number of nitrogens with zero attached hydrogens (tertiary/aromatic N) is 3. The Morgan fingerprint density at radius 1 is 1.26 bits per heavy atom. The van der Waals surface area contributed by atoms with Crippen LogP contribution >= 0.6 is 11.8 Å². The average molecular weight is 387 g/mol. The second kappa shape index (κ2) is 8.61. The highest BCUT2D eigenvalue weighted by atomic mass is 32.2. The van der Waals surface area contributed by atoms with Gasteiger partial charge in [-0.3, -0.25) is 0 Å². The third-order valence-electron chi connectivity index (χ3n) is 4.45. The van der Waals surface area contributed by atoms with Crippen LogP contribution in [0, 0.1) is 6.92 Å². The number of nitrogens with one attached hydrogen (secondary N) is 1. The first-order valence-electron chi connectivity index (χ1n) is 9.36. The molecule has 1 aromatic heterocycles. The number of ether oxygens (including phenoxy) is 1. The lowest BCUT2D eigenvalue weighted by atomic mass is 9.95. The summed E-state index contributed by atoms with van der Waals surface area (Å²) >= 11 is 1.64. The summed E-state index contributed by atoms with van der Waals surface area (Å²) in [6.07, 6.45) is 2.26. The largest absolute Gasteiger partial charge is 0.463 e. The maximum atomic E-state index is 12.7. The molecule has 1 aliphatic heterocycles. The monoisotopic (exact) mass is 386 g/mol. The summed E-state index contributed by atoms with van der Waals surface area (Å²) in [6.45, 7) is 8.24. The number of allylic oxidation sites excluding steroid dienone is 1. The molecule has 6 nitrogen and oxygen atoms in total. The molecular weight excluding hydrogens is 360 g/mol. The summed E-state index contributed by atoms with van der Waals surface area (Å²) in [5, 5.41) is 8.64. The zero-order valence-corrected chi connectivity index (χ0v) is 17.1. The van der Waals surface area contributed by atoms with Gasteiger partial charge in [0.15, 0.2) is 0 Å². The standard InChI is InChI=1S/C20H26N4O2S/c1-5-7-12-27-20-22-19-21-14(4)16(18(25)26-6-2)17(24(19)23-20)15-10-8-13(3)9-11-15/h8-11,17H,5-7,12H2,1-4H3,(H,21,22,23)/t17-/m0/s1. The molecule has 27 heavy (non-hydrogen) atoms. The van der Waals surface area contributed by atoms with Crippen molar-refractivity contribution in [2.24, 2.45) is 0 Å². The predicted molar refractivity (Wildman–Crippen MR) is 108 cm³/mol. The molecule has 0 fully saturated rings. The summed E-state index contributed by atoms with van der Waals surface area (Å²) in [4.78, 5) is 17.3. The molecule has 1 atom stereocenters. The summed E-state index contributed by atoms with van der Waals surface area (Å²) in [5.41, 5.74) is 3.48. The highest BCUT2D eigenvalue weighted by molar-refractivity contribution is 7.99. The number of benzene rings is 1. The second-order valence-corrected chi connectivity index (χ2v) is 7.62. The molecule has 1 aromatic carbocycles. The minimum Gasteiger partial charge on any atom is -0.463 e. The van der Waals surface area contributed by atoms with Crippen LogP contribution in [0.1, 0.15) is 50.8 Å². The molecule has 0 spiro atoms. The Hall–Kier alpha value is -2.28. The molecule has 0 bridgehead atoms. The van der Waals surface area contributed by atoms with Gasteiger partial charge in [-0.1, -0.05) is 54.9 Å². The fourth-order valence-corrected chi connectivity index (χ4v) is 3.94. The number of carbonyl (C=O) groups excluding carboxylic acids is 1. The van der Waals surface area contributed by atoms with Crippen LogP contribution < -0.4 is 5.32 Å². The van der Waals surface area contributed by atoms with Gasteiger partial charge in [0.25, 0.3) is 0 Å². The lowest BCUT2D eigenvalue weighted by Gasteiger charge is -2.28. The molecular formula is C20H26N4O2S. The van der Waals surface area contributed by atoms with Crippen LogP contribution in [0.3, 0.4) is 0 Å². The maximum absolute atomic E-state index is 12.7. The normalized spacial score (nSPS) is 16.1. The number of rotatable bonds is 7. The van der Waals surface area contributed by atoms with E-state index in [1.54, 1.807) is 16.4 Å². The highest BCUT2D eigenvalue weighted by Gasteiger charge is 2.35. The Morgan fingerprint density at radius 3 is 2.67 bits per heavy atom. The number of thioether (sulfide) groups is 1. The van der Waals surface area contributed by atoms with Crippen molar-refractivity contribution in [1.29, 1.82) is 0 Å². The van der Waals surface area contributed by atoms with Gasteiger partial charge in [-0.15, -0.1) is 5.10 Å². The number of unbranched alkanes of at least 4 members (excludes halogenated alkanes) is 1. The molecule has 0 aliphatic carbocycles. The van der Waals surface area contributed by atoms with Gasteiger partial charge < -0.3 is 10.1 Å². The Kier molecular flexibility index (Phi) is 6.21. The topological polar surface area (TPSA) is 69.0 Å². The average Bonchev–Trinajstić information content (AvgIpc) is 3.04. The molecule has 0 saturated heterocycles. The van der Waals surface area contributed by atoms with Crippen molar-refractivity contribution in [3.05, 3.63) is 46.7 Å². The van der Waals surface area contributed by atoms with Crippen LogP contribution in [0.5, 0.6) is 0 Å². The molecule has 2 aromatic rings. The van der Waals surface area contributed by atoms with Gasteiger partial charge >= 0.3 is 5.97 Å². The molecule has 1 aliphatic rings. The molecule has 144 valence electrons. The molecule has 0 radical (unpaired) electrons. The molecule has 1 N–H and O–H groups in total. The Balaban J connectivity index is 2.03. The van der Waals surface area contributed by atoms with Crippen molar-refractivity contribution in [3.8, 4) is 0 Å². The zero-order valence-electron chi connectivity index (χ0n) is 16.3. The highest BCUT2D eigenvalue weighted by Crippen LogP contribution is 2.36. The number of hydrogen-bond donors (Lipinski definition) is 1. The third kappa shape index (κ3) is 4.18. The second-order valence-electron chi connectivity index (χ2n) is 6.56.